The molecule has 2 aromatic rings. The van der Waals surface area contributed by atoms with Gasteiger partial charge < -0.3 is 10.1 Å². The van der Waals surface area contributed by atoms with E-state index >= 15 is 0 Å². The van der Waals surface area contributed by atoms with Crippen molar-refractivity contribution in [2.45, 2.75) is 58.9 Å². The summed E-state index contributed by atoms with van der Waals surface area (Å²) in [5.74, 6) is -0.179. The van der Waals surface area contributed by atoms with E-state index < -0.39 is 5.97 Å². The van der Waals surface area contributed by atoms with Gasteiger partial charge in [-0.3, -0.25) is 9.78 Å². The molecule has 1 aliphatic rings. The lowest BCUT2D eigenvalue weighted by Gasteiger charge is -2.24. The molecule has 1 aromatic carbocycles. The lowest BCUT2D eigenvalue weighted by molar-refractivity contribution is -0.125. The van der Waals surface area contributed by atoms with Crippen LogP contribution in [0.2, 0.25) is 0 Å². The zero-order chi connectivity index (χ0) is 19.4. The fourth-order valence-electron chi connectivity index (χ4n) is 3.76. The molecule has 0 saturated heterocycles. The van der Waals surface area contributed by atoms with Crippen LogP contribution in [0.1, 0.15) is 61.6 Å². The SMILES string of the molecule is CCC(CC)NC(=O)COC(=O)c1c2c(nc3ccccc13)CC[C@@H](C)C2. The van der Waals surface area contributed by atoms with Crippen LogP contribution in [-0.2, 0) is 22.4 Å². The van der Waals surface area contributed by atoms with Crippen LogP contribution in [-0.4, -0.2) is 29.5 Å². The number of amides is 1. The van der Waals surface area contributed by atoms with Gasteiger partial charge in [0, 0.05) is 17.1 Å². The number of hydrogen-bond acceptors (Lipinski definition) is 4. The molecule has 1 amide bonds. The number of ether oxygens (including phenoxy) is 1. The smallest absolute Gasteiger partial charge is 0.339 e. The average molecular weight is 368 g/mol. The number of nitrogens with one attached hydrogen (secondary N) is 1. The van der Waals surface area contributed by atoms with E-state index in [2.05, 4.69) is 12.2 Å². The molecule has 1 aliphatic carbocycles. The quantitative estimate of drug-likeness (QED) is 0.787. The Labute approximate surface area is 160 Å². The Hall–Kier alpha value is -2.43. The molecule has 0 saturated carbocycles. The van der Waals surface area contributed by atoms with E-state index in [1.807, 2.05) is 38.1 Å². The second-order valence-electron chi connectivity index (χ2n) is 7.43. The first-order valence-electron chi connectivity index (χ1n) is 9.90. The summed E-state index contributed by atoms with van der Waals surface area (Å²) in [5, 5.41) is 3.70. The van der Waals surface area contributed by atoms with Crippen molar-refractivity contribution in [3.8, 4) is 0 Å². The largest absolute Gasteiger partial charge is 0.452 e. The van der Waals surface area contributed by atoms with Crippen molar-refractivity contribution in [3.63, 3.8) is 0 Å². The van der Waals surface area contributed by atoms with Crippen LogP contribution >= 0.6 is 0 Å². The molecule has 3 rings (SSSR count). The van der Waals surface area contributed by atoms with Gasteiger partial charge in [-0.2, -0.15) is 0 Å². The Morgan fingerprint density at radius 2 is 2.00 bits per heavy atom. The predicted octanol–water partition coefficient (Wildman–Crippen LogP) is 3.82. The minimum absolute atomic E-state index is 0.117. The fraction of sp³-hybridized carbons (Fsp3) is 0.500. The number of benzene rings is 1. The number of fused-ring (bicyclic) bond motifs is 2. The molecule has 1 atom stereocenters. The van der Waals surface area contributed by atoms with Gasteiger partial charge in [0.15, 0.2) is 6.61 Å². The first kappa shape index (κ1) is 19.3. The topological polar surface area (TPSA) is 68.3 Å². The van der Waals surface area contributed by atoms with Crippen LogP contribution in [0.5, 0.6) is 0 Å². The van der Waals surface area contributed by atoms with Crippen LogP contribution < -0.4 is 5.32 Å². The molecule has 1 aromatic heterocycles. The highest BCUT2D eigenvalue weighted by molar-refractivity contribution is 6.05. The van der Waals surface area contributed by atoms with E-state index in [1.165, 1.54) is 0 Å². The molecule has 5 heteroatoms. The van der Waals surface area contributed by atoms with Gasteiger partial charge in [0.05, 0.1) is 11.1 Å². The molecular formula is C22H28N2O3. The molecule has 144 valence electrons. The predicted molar refractivity (Wildman–Crippen MR) is 106 cm³/mol. The van der Waals surface area contributed by atoms with Gasteiger partial charge in [-0.1, -0.05) is 39.0 Å². The van der Waals surface area contributed by atoms with Gasteiger partial charge >= 0.3 is 5.97 Å². The number of pyridine rings is 1. The molecule has 0 radical (unpaired) electrons. The lowest BCUT2D eigenvalue weighted by atomic mass is 9.84. The van der Waals surface area contributed by atoms with Gasteiger partial charge in [-0.15, -0.1) is 0 Å². The van der Waals surface area contributed by atoms with Crippen molar-refractivity contribution in [2.75, 3.05) is 6.61 Å². The minimum atomic E-state index is -0.432. The van der Waals surface area contributed by atoms with Gasteiger partial charge in [-0.05, 0) is 49.7 Å². The Morgan fingerprint density at radius 1 is 1.26 bits per heavy atom. The third-order valence-electron chi connectivity index (χ3n) is 5.39. The highest BCUT2D eigenvalue weighted by atomic mass is 16.5. The summed E-state index contributed by atoms with van der Waals surface area (Å²) in [4.78, 5) is 29.8. The van der Waals surface area contributed by atoms with E-state index in [0.29, 0.717) is 11.5 Å². The normalized spacial score (nSPS) is 16.2. The second kappa shape index (κ2) is 8.51. The van der Waals surface area contributed by atoms with E-state index in [-0.39, 0.29) is 18.6 Å². The molecule has 1 heterocycles. The second-order valence-corrected chi connectivity index (χ2v) is 7.43. The maximum absolute atomic E-state index is 12.9. The minimum Gasteiger partial charge on any atom is -0.452 e. The number of para-hydroxylation sites is 1. The number of hydrogen-bond donors (Lipinski definition) is 1. The van der Waals surface area contributed by atoms with Crippen molar-refractivity contribution < 1.29 is 14.3 Å². The van der Waals surface area contributed by atoms with Crippen molar-refractivity contribution in [3.05, 3.63) is 41.1 Å². The Bertz CT molecular complexity index is 843. The molecule has 0 bridgehead atoms. The molecular weight excluding hydrogens is 340 g/mol. The summed E-state index contributed by atoms with van der Waals surface area (Å²) in [6.45, 7) is 5.99. The Balaban J connectivity index is 1.85. The first-order chi connectivity index (χ1) is 13.0. The van der Waals surface area contributed by atoms with Crippen molar-refractivity contribution in [1.82, 2.24) is 10.3 Å². The summed E-state index contributed by atoms with van der Waals surface area (Å²) in [6, 6.07) is 7.77. The highest BCUT2D eigenvalue weighted by Crippen LogP contribution is 2.31. The Kier molecular flexibility index (Phi) is 6.09. The zero-order valence-corrected chi connectivity index (χ0v) is 16.4. The highest BCUT2D eigenvalue weighted by Gasteiger charge is 2.26. The van der Waals surface area contributed by atoms with Crippen LogP contribution in [0.3, 0.4) is 0 Å². The summed E-state index contributed by atoms with van der Waals surface area (Å²) in [7, 11) is 0. The van der Waals surface area contributed by atoms with Crippen LogP contribution in [0, 0.1) is 5.92 Å². The van der Waals surface area contributed by atoms with Crippen molar-refractivity contribution in [1.29, 1.82) is 0 Å². The van der Waals surface area contributed by atoms with Crippen molar-refractivity contribution in [2.24, 2.45) is 5.92 Å². The number of esters is 1. The van der Waals surface area contributed by atoms with E-state index in [4.69, 9.17) is 9.72 Å². The molecule has 0 fully saturated rings. The molecule has 0 spiro atoms. The number of aryl methyl sites for hydroxylation is 1. The first-order valence-corrected chi connectivity index (χ1v) is 9.90. The van der Waals surface area contributed by atoms with Gasteiger partial charge in [-0.25, -0.2) is 4.79 Å². The fourth-order valence-corrected chi connectivity index (χ4v) is 3.76. The summed E-state index contributed by atoms with van der Waals surface area (Å²) < 4.78 is 5.41. The third-order valence-corrected chi connectivity index (χ3v) is 5.39. The van der Waals surface area contributed by atoms with E-state index in [9.17, 15) is 9.59 Å². The number of nitrogens with zero attached hydrogens (tertiary/aromatic N) is 1. The third kappa shape index (κ3) is 4.29. The van der Waals surface area contributed by atoms with E-state index in [1.54, 1.807) is 0 Å². The maximum atomic E-state index is 12.9. The molecule has 5 nitrogen and oxygen atoms in total. The molecule has 27 heavy (non-hydrogen) atoms. The Morgan fingerprint density at radius 3 is 2.74 bits per heavy atom. The van der Waals surface area contributed by atoms with Crippen molar-refractivity contribution >= 4 is 22.8 Å². The van der Waals surface area contributed by atoms with Gasteiger partial charge in [0.25, 0.3) is 5.91 Å². The molecule has 0 unspecified atom stereocenters. The standard InChI is InChI=1S/C22H28N2O3/c1-4-15(5-2)23-20(25)13-27-22(26)21-16-8-6-7-9-18(16)24-19-11-10-14(3)12-17(19)21/h6-9,14-15H,4-5,10-13H2,1-3H3,(H,23,25)/t14-/m1/s1. The summed E-state index contributed by atoms with van der Waals surface area (Å²) in [6.07, 6.45) is 4.48. The van der Waals surface area contributed by atoms with Crippen LogP contribution in [0.25, 0.3) is 10.9 Å². The number of carbonyl (C=O) groups excluding carboxylic acids is 2. The average Bonchev–Trinajstić information content (AvgIpc) is 2.68. The summed E-state index contributed by atoms with van der Waals surface area (Å²) in [5.41, 5.74) is 3.36. The van der Waals surface area contributed by atoms with Crippen LogP contribution in [0.15, 0.2) is 24.3 Å². The van der Waals surface area contributed by atoms with Crippen LogP contribution in [0.4, 0.5) is 0 Å². The maximum Gasteiger partial charge on any atom is 0.339 e. The molecule has 1 N–H and O–H groups in total. The summed E-state index contributed by atoms with van der Waals surface area (Å²) >= 11 is 0. The molecule has 0 aliphatic heterocycles. The van der Waals surface area contributed by atoms with Gasteiger partial charge in [0.1, 0.15) is 0 Å². The lowest BCUT2D eigenvalue weighted by Crippen LogP contribution is -2.37. The zero-order valence-electron chi connectivity index (χ0n) is 16.4. The van der Waals surface area contributed by atoms with E-state index in [0.717, 1.165) is 54.3 Å². The number of rotatable bonds is 6. The number of aromatic nitrogens is 1. The monoisotopic (exact) mass is 368 g/mol. The number of carbonyl (C=O) groups is 2. The van der Waals surface area contributed by atoms with Gasteiger partial charge in [0.2, 0.25) is 0 Å².